The summed E-state index contributed by atoms with van der Waals surface area (Å²) in [5.41, 5.74) is 2.30. The van der Waals surface area contributed by atoms with Crippen LogP contribution in [0.2, 0.25) is 0 Å². The number of thioether (sulfide) groups is 1. The molecule has 3 nitrogen and oxygen atoms in total. The molecule has 0 saturated carbocycles. The average molecular weight is 263 g/mol. The second-order valence-electron chi connectivity index (χ2n) is 5.03. The standard InChI is InChI=1S/C14H21N3S/c1-4-14(3)8-9-18-13(17-14)15-10-12-7-5-6-11(2)16-12/h5-7H,4,8-10H2,1-3H3,(H,15,17). The summed E-state index contributed by atoms with van der Waals surface area (Å²) >= 11 is 1.82. The van der Waals surface area contributed by atoms with Crippen molar-refractivity contribution in [3.05, 3.63) is 29.6 Å². The van der Waals surface area contributed by atoms with Crippen LogP contribution in [0.3, 0.4) is 0 Å². The average Bonchev–Trinajstić information content (AvgIpc) is 2.37. The van der Waals surface area contributed by atoms with E-state index in [0.29, 0.717) is 6.54 Å². The SMILES string of the molecule is CCC1(C)CCSC(=NCc2cccc(C)n2)N1. The lowest BCUT2D eigenvalue weighted by Gasteiger charge is -2.35. The summed E-state index contributed by atoms with van der Waals surface area (Å²) in [4.78, 5) is 9.11. The minimum Gasteiger partial charge on any atom is -0.360 e. The molecular weight excluding hydrogens is 242 g/mol. The molecule has 18 heavy (non-hydrogen) atoms. The fourth-order valence-corrected chi connectivity index (χ4v) is 3.14. The Kier molecular flexibility index (Phi) is 4.27. The number of nitrogens with one attached hydrogen (secondary N) is 1. The second-order valence-corrected chi connectivity index (χ2v) is 6.11. The molecule has 1 unspecified atom stereocenters. The van der Waals surface area contributed by atoms with Crippen molar-refractivity contribution in [3.63, 3.8) is 0 Å². The van der Waals surface area contributed by atoms with Gasteiger partial charge in [-0.15, -0.1) is 0 Å². The Morgan fingerprint density at radius 1 is 1.50 bits per heavy atom. The van der Waals surface area contributed by atoms with Gasteiger partial charge in [0.1, 0.15) is 0 Å². The molecule has 98 valence electrons. The van der Waals surface area contributed by atoms with E-state index in [1.807, 2.05) is 36.9 Å². The molecule has 1 saturated heterocycles. The predicted octanol–water partition coefficient (Wildman–Crippen LogP) is 3.14. The number of aliphatic imine (C=N–C) groups is 1. The van der Waals surface area contributed by atoms with E-state index in [2.05, 4.69) is 29.1 Å². The van der Waals surface area contributed by atoms with E-state index in [1.165, 1.54) is 6.42 Å². The van der Waals surface area contributed by atoms with Crippen LogP contribution in [0.15, 0.2) is 23.2 Å². The Morgan fingerprint density at radius 2 is 2.33 bits per heavy atom. The van der Waals surface area contributed by atoms with E-state index >= 15 is 0 Å². The highest BCUT2D eigenvalue weighted by atomic mass is 32.2. The first-order chi connectivity index (χ1) is 8.61. The Bertz CT molecular complexity index is 444. The van der Waals surface area contributed by atoms with Crippen molar-refractivity contribution in [1.29, 1.82) is 0 Å². The van der Waals surface area contributed by atoms with Crippen LogP contribution in [0.4, 0.5) is 0 Å². The number of hydrogen-bond acceptors (Lipinski definition) is 3. The molecule has 1 N–H and O–H groups in total. The number of amidine groups is 1. The van der Waals surface area contributed by atoms with Crippen molar-refractivity contribution < 1.29 is 0 Å². The van der Waals surface area contributed by atoms with Crippen molar-refractivity contribution in [2.24, 2.45) is 4.99 Å². The van der Waals surface area contributed by atoms with Crippen LogP contribution in [0.1, 0.15) is 38.1 Å². The first kappa shape index (κ1) is 13.4. The normalized spacial score (nSPS) is 26.1. The monoisotopic (exact) mass is 263 g/mol. The van der Waals surface area contributed by atoms with Gasteiger partial charge in [0.15, 0.2) is 5.17 Å². The van der Waals surface area contributed by atoms with Crippen LogP contribution >= 0.6 is 11.8 Å². The Labute approximate surface area is 113 Å². The molecule has 4 heteroatoms. The van der Waals surface area contributed by atoms with E-state index in [1.54, 1.807) is 0 Å². The van der Waals surface area contributed by atoms with Crippen LogP contribution in [0.5, 0.6) is 0 Å². The molecule has 0 aromatic carbocycles. The van der Waals surface area contributed by atoms with E-state index < -0.39 is 0 Å². The molecule has 0 radical (unpaired) electrons. The van der Waals surface area contributed by atoms with Gasteiger partial charge in [0, 0.05) is 17.0 Å². The van der Waals surface area contributed by atoms with Gasteiger partial charge in [-0.05, 0) is 38.8 Å². The van der Waals surface area contributed by atoms with Crippen LogP contribution in [-0.2, 0) is 6.54 Å². The molecule has 0 spiro atoms. The zero-order chi connectivity index (χ0) is 13.0. The van der Waals surface area contributed by atoms with Crippen LogP contribution in [-0.4, -0.2) is 21.4 Å². The molecule has 2 heterocycles. The molecule has 1 aromatic rings. The number of rotatable bonds is 3. The Morgan fingerprint density at radius 3 is 3.06 bits per heavy atom. The fraction of sp³-hybridized carbons (Fsp3) is 0.571. The van der Waals surface area contributed by atoms with Gasteiger partial charge in [0.25, 0.3) is 0 Å². The molecule has 0 amide bonds. The van der Waals surface area contributed by atoms with Gasteiger partial charge in [0.2, 0.25) is 0 Å². The summed E-state index contributed by atoms with van der Waals surface area (Å²) < 4.78 is 0. The second kappa shape index (κ2) is 5.74. The smallest absolute Gasteiger partial charge is 0.157 e. The van der Waals surface area contributed by atoms with Crippen molar-refractivity contribution in [3.8, 4) is 0 Å². The van der Waals surface area contributed by atoms with Gasteiger partial charge in [-0.1, -0.05) is 24.8 Å². The fourth-order valence-electron chi connectivity index (χ4n) is 1.92. The number of aromatic nitrogens is 1. The summed E-state index contributed by atoms with van der Waals surface area (Å²) in [6.45, 7) is 7.17. The highest BCUT2D eigenvalue weighted by Gasteiger charge is 2.27. The first-order valence-electron chi connectivity index (χ1n) is 6.49. The Balaban J connectivity index is 2.01. The Hall–Kier alpha value is -1.03. The summed E-state index contributed by atoms with van der Waals surface area (Å²) in [6, 6.07) is 6.08. The van der Waals surface area contributed by atoms with Gasteiger partial charge in [-0.3, -0.25) is 9.98 Å². The van der Waals surface area contributed by atoms with Gasteiger partial charge in [-0.2, -0.15) is 0 Å². The molecular formula is C14H21N3S. The van der Waals surface area contributed by atoms with Crippen LogP contribution in [0.25, 0.3) is 0 Å². The maximum Gasteiger partial charge on any atom is 0.157 e. The first-order valence-corrected chi connectivity index (χ1v) is 7.48. The summed E-state index contributed by atoms with van der Waals surface area (Å²) in [5, 5.41) is 4.61. The lowest BCUT2D eigenvalue weighted by atomic mass is 9.96. The van der Waals surface area contributed by atoms with Crippen molar-refractivity contribution in [1.82, 2.24) is 10.3 Å². The molecule has 2 rings (SSSR count). The molecule has 0 aliphatic carbocycles. The van der Waals surface area contributed by atoms with Crippen molar-refractivity contribution >= 4 is 16.9 Å². The van der Waals surface area contributed by atoms with E-state index in [-0.39, 0.29) is 5.54 Å². The van der Waals surface area contributed by atoms with Crippen molar-refractivity contribution in [2.45, 2.75) is 45.7 Å². The number of pyridine rings is 1. The molecule has 1 atom stereocenters. The quantitative estimate of drug-likeness (QED) is 0.910. The van der Waals surface area contributed by atoms with Gasteiger partial charge >= 0.3 is 0 Å². The highest BCUT2D eigenvalue weighted by Crippen LogP contribution is 2.24. The topological polar surface area (TPSA) is 37.3 Å². The zero-order valence-electron chi connectivity index (χ0n) is 11.4. The minimum atomic E-state index is 0.212. The summed E-state index contributed by atoms with van der Waals surface area (Å²) in [6.07, 6.45) is 2.34. The number of nitrogens with zero attached hydrogens (tertiary/aromatic N) is 2. The summed E-state index contributed by atoms with van der Waals surface area (Å²) in [5.74, 6) is 1.15. The van der Waals surface area contributed by atoms with Crippen LogP contribution < -0.4 is 5.32 Å². The lowest BCUT2D eigenvalue weighted by Crippen LogP contribution is -2.48. The third kappa shape index (κ3) is 3.48. The molecule has 1 aliphatic heterocycles. The lowest BCUT2D eigenvalue weighted by molar-refractivity contribution is 0.390. The summed E-state index contributed by atoms with van der Waals surface area (Å²) in [7, 11) is 0. The maximum atomic E-state index is 4.64. The molecule has 1 aliphatic rings. The maximum absolute atomic E-state index is 4.64. The minimum absolute atomic E-state index is 0.212. The van der Waals surface area contributed by atoms with E-state index in [9.17, 15) is 0 Å². The number of aryl methyl sites for hydroxylation is 1. The van der Waals surface area contributed by atoms with Gasteiger partial charge < -0.3 is 5.32 Å². The largest absolute Gasteiger partial charge is 0.360 e. The van der Waals surface area contributed by atoms with Gasteiger partial charge in [0.05, 0.1) is 12.2 Å². The highest BCUT2D eigenvalue weighted by molar-refractivity contribution is 8.13. The predicted molar refractivity (Wildman–Crippen MR) is 79.0 cm³/mol. The third-order valence-electron chi connectivity index (χ3n) is 3.41. The van der Waals surface area contributed by atoms with Crippen molar-refractivity contribution in [2.75, 3.05) is 5.75 Å². The van der Waals surface area contributed by atoms with E-state index in [0.717, 1.165) is 28.7 Å². The van der Waals surface area contributed by atoms with Crippen LogP contribution in [0, 0.1) is 6.92 Å². The number of hydrogen-bond donors (Lipinski definition) is 1. The van der Waals surface area contributed by atoms with E-state index in [4.69, 9.17) is 0 Å². The molecule has 1 aromatic heterocycles. The third-order valence-corrected chi connectivity index (χ3v) is 4.33. The van der Waals surface area contributed by atoms with Gasteiger partial charge in [-0.25, -0.2) is 0 Å². The molecule has 0 bridgehead atoms. The zero-order valence-corrected chi connectivity index (χ0v) is 12.2. The molecule has 1 fully saturated rings.